The predicted molar refractivity (Wildman–Crippen MR) is 101 cm³/mol. The highest BCUT2D eigenvalue weighted by Gasteiger charge is 2.32. The van der Waals surface area contributed by atoms with Crippen LogP contribution in [0.2, 0.25) is 0 Å². The Hall–Kier alpha value is -0.420. The summed E-state index contributed by atoms with van der Waals surface area (Å²) >= 11 is 1.96. The number of hydrogen-bond acceptors (Lipinski definition) is 3. The molecule has 2 rings (SSSR count). The number of nitrogens with one attached hydrogen (secondary N) is 2. The van der Waals surface area contributed by atoms with Crippen LogP contribution >= 0.6 is 11.8 Å². The third-order valence-electron chi connectivity index (χ3n) is 5.23. The average Bonchev–Trinajstić information content (AvgIpc) is 2.53. The van der Waals surface area contributed by atoms with Gasteiger partial charge in [0.1, 0.15) is 0 Å². The maximum Gasteiger partial charge on any atom is 0.191 e. The van der Waals surface area contributed by atoms with E-state index in [4.69, 9.17) is 9.73 Å². The van der Waals surface area contributed by atoms with Crippen LogP contribution in [0.15, 0.2) is 4.99 Å². The molecule has 0 aromatic heterocycles. The smallest absolute Gasteiger partial charge is 0.191 e. The number of hydrogen-bond donors (Lipinski definition) is 2. The van der Waals surface area contributed by atoms with Crippen molar-refractivity contribution in [2.24, 2.45) is 16.8 Å². The van der Waals surface area contributed by atoms with E-state index in [0.29, 0.717) is 6.04 Å². The fourth-order valence-electron chi connectivity index (χ4n) is 3.97. The first-order valence-electron chi connectivity index (χ1n) is 9.24. The fourth-order valence-corrected chi connectivity index (χ4v) is 4.74. The molecule has 2 unspecified atom stereocenters. The number of ether oxygens (including phenoxy) is 1. The van der Waals surface area contributed by atoms with Gasteiger partial charge >= 0.3 is 0 Å². The van der Waals surface area contributed by atoms with Gasteiger partial charge in [0.2, 0.25) is 0 Å². The van der Waals surface area contributed by atoms with E-state index in [1.165, 1.54) is 19.3 Å². The maximum absolute atomic E-state index is 5.53. The Morgan fingerprint density at radius 1 is 1.17 bits per heavy atom. The third kappa shape index (κ3) is 5.86. The minimum Gasteiger partial charge on any atom is -0.381 e. The summed E-state index contributed by atoms with van der Waals surface area (Å²) < 4.78 is 5.79. The van der Waals surface area contributed by atoms with Crippen molar-refractivity contribution < 1.29 is 4.74 Å². The average molecular weight is 342 g/mol. The number of aliphatic imine (C=N–C) groups is 1. The molecule has 1 saturated heterocycles. The molecule has 0 spiro atoms. The highest BCUT2D eigenvalue weighted by atomic mass is 32.2. The first-order chi connectivity index (χ1) is 11.1. The molecule has 0 aromatic rings. The van der Waals surface area contributed by atoms with E-state index in [-0.39, 0.29) is 4.75 Å². The zero-order valence-electron chi connectivity index (χ0n) is 15.4. The zero-order chi connectivity index (χ0) is 16.7. The molecule has 1 aliphatic carbocycles. The quantitative estimate of drug-likeness (QED) is 0.595. The topological polar surface area (TPSA) is 45.7 Å². The molecule has 0 amide bonds. The lowest BCUT2D eigenvalue weighted by Gasteiger charge is -2.35. The van der Waals surface area contributed by atoms with E-state index < -0.39 is 0 Å². The second-order valence-electron chi connectivity index (χ2n) is 7.45. The Bertz CT molecular complexity index is 372. The molecule has 0 bridgehead atoms. The van der Waals surface area contributed by atoms with Crippen LogP contribution in [-0.4, -0.2) is 49.3 Å². The molecular formula is C18H35N3OS. The molecule has 2 N–H and O–H groups in total. The summed E-state index contributed by atoms with van der Waals surface area (Å²) in [5, 5.41) is 7.14. The van der Waals surface area contributed by atoms with Crippen molar-refractivity contribution >= 4 is 17.7 Å². The number of nitrogens with zero attached hydrogens (tertiary/aromatic N) is 1. The zero-order valence-corrected chi connectivity index (χ0v) is 16.2. The molecule has 2 atom stereocenters. The minimum absolute atomic E-state index is 0.258. The molecule has 1 saturated carbocycles. The van der Waals surface area contributed by atoms with E-state index in [0.717, 1.165) is 56.9 Å². The molecule has 4 nitrogen and oxygen atoms in total. The number of guanidine groups is 1. The van der Waals surface area contributed by atoms with Crippen LogP contribution in [0.25, 0.3) is 0 Å². The summed E-state index contributed by atoms with van der Waals surface area (Å²) in [6.07, 6.45) is 8.31. The monoisotopic (exact) mass is 341 g/mol. The molecule has 5 heteroatoms. The summed E-state index contributed by atoms with van der Waals surface area (Å²) in [5.74, 6) is 2.62. The highest BCUT2D eigenvalue weighted by Crippen LogP contribution is 2.34. The van der Waals surface area contributed by atoms with Crippen LogP contribution in [0.1, 0.15) is 52.9 Å². The van der Waals surface area contributed by atoms with E-state index in [9.17, 15) is 0 Å². The SMILES string of the molecule is CCNC(=NCC1(SC)CCOCC1)NC1CC(C)CC(C)C1. The van der Waals surface area contributed by atoms with Gasteiger partial charge in [-0.3, -0.25) is 4.99 Å². The fraction of sp³-hybridized carbons (Fsp3) is 0.944. The maximum atomic E-state index is 5.53. The van der Waals surface area contributed by atoms with Gasteiger partial charge in [0, 0.05) is 30.5 Å². The Balaban J connectivity index is 1.96. The van der Waals surface area contributed by atoms with E-state index in [1.807, 2.05) is 11.8 Å². The van der Waals surface area contributed by atoms with Crippen LogP contribution in [-0.2, 0) is 4.74 Å². The van der Waals surface area contributed by atoms with Crippen molar-refractivity contribution in [1.29, 1.82) is 0 Å². The molecule has 1 heterocycles. The molecule has 2 aliphatic rings. The van der Waals surface area contributed by atoms with E-state index in [2.05, 4.69) is 37.7 Å². The van der Waals surface area contributed by atoms with Gasteiger partial charge in [-0.1, -0.05) is 13.8 Å². The van der Waals surface area contributed by atoms with Gasteiger partial charge in [-0.15, -0.1) is 0 Å². The van der Waals surface area contributed by atoms with Crippen molar-refractivity contribution in [3.63, 3.8) is 0 Å². The van der Waals surface area contributed by atoms with Crippen LogP contribution in [0.5, 0.6) is 0 Å². The second kappa shape index (κ2) is 9.16. The van der Waals surface area contributed by atoms with Gasteiger partial charge < -0.3 is 15.4 Å². The molecule has 134 valence electrons. The summed E-state index contributed by atoms with van der Waals surface area (Å²) in [7, 11) is 0. The highest BCUT2D eigenvalue weighted by molar-refractivity contribution is 8.00. The normalized spacial score (nSPS) is 31.7. The van der Waals surface area contributed by atoms with Gasteiger partial charge in [-0.2, -0.15) is 11.8 Å². The van der Waals surface area contributed by atoms with Gasteiger partial charge in [0.25, 0.3) is 0 Å². The Kier molecular flexibility index (Phi) is 7.54. The standard InChI is InChI=1S/C18H35N3OS/c1-5-19-17(21-16-11-14(2)10-15(3)12-16)20-13-18(23-4)6-8-22-9-7-18/h14-16H,5-13H2,1-4H3,(H2,19,20,21). The first-order valence-corrected chi connectivity index (χ1v) is 10.5. The Labute approximate surface area is 146 Å². The summed E-state index contributed by atoms with van der Waals surface area (Å²) in [5.41, 5.74) is 0. The summed E-state index contributed by atoms with van der Waals surface area (Å²) in [6, 6.07) is 0.562. The van der Waals surface area contributed by atoms with Gasteiger partial charge in [0.15, 0.2) is 5.96 Å². The first kappa shape index (κ1) is 18.9. The van der Waals surface area contributed by atoms with Crippen molar-refractivity contribution in [3.05, 3.63) is 0 Å². The van der Waals surface area contributed by atoms with Crippen molar-refractivity contribution in [3.8, 4) is 0 Å². The summed E-state index contributed by atoms with van der Waals surface area (Å²) in [4.78, 5) is 4.94. The van der Waals surface area contributed by atoms with Crippen LogP contribution in [0.4, 0.5) is 0 Å². The summed E-state index contributed by atoms with van der Waals surface area (Å²) in [6.45, 7) is 10.4. The van der Waals surface area contributed by atoms with Crippen LogP contribution in [0.3, 0.4) is 0 Å². The van der Waals surface area contributed by atoms with Crippen molar-refractivity contribution in [1.82, 2.24) is 10.6 Å². The lowest BCUT2D eigenvalue weighted by molar-refractivity contribution is 0.0794. The lowest BCUT2D eigenvalue weighted by Crippen LogP contribution is -2.47. The molecular weight excluding hydrogens is 306 g/mol. The third-order valence-corrected chi connectivity index (χ3v) is 6.63. The van der Waals surface area contributed by atoms with Crippen molar-refractivity contribution in [2.75, 3.05) is 32.6 Å². The molecule has 1 aliphatic heterocycles. The van der Waals surface area contributed by atoms with Gasteiger partial charge in [0.05, 0.1) is 6.54 Å². The number of rotatable bonds is 5. The molecule has 0 aromatic carbocycles. The van der Waals surface area contributed by atoms with Crippen LogP contribution < -0.4 is 10.6 Å². The largest absolute Gasteiger partial charge is 0.381 e. The molecule has 2 fully saturated rings. The van der Waals surface area contributed by atoms with Gasteiger partial charge in [-0.25, -0.2) is 0 Å². The lowest BCUT2D eigenvalue weighted by atomic mass is 9.80. The molecule has 23 heavy (non-hydrogen) atoms. The Morgan fingerprint density at radius 3 is 2.39 bits per heavy atom. The van der Waals surface area contributed by atoms with E-state index >= 15 is 0 Å². The van der Waals surface area contributed by atoms with E-state index in [1.54, 1.807) is 0 Å². The van der Waals surface area contributed by atoms with Crippen LogP contribution in [0, 0.1) is 11.8 Å². The van der Waals surface area contributed by atoms with Gasteiger partial charge in [-0.05, 0) is 57.1 Å². The molecule has 0 radical (unpaired) electrons. The minimum atomic E-state index is 0.258. The Morgan fingerprint density at radius 2 is 1.83 bits per heavy atom. The number of thioether (sulfide) groups is 1. The second-order valence-corrected chi connectivity index (χ2v) is 8.73. The predicted octanol–water partition coefficient (Wildman–Crippen LogP) is 3.28. The van der Waals surface area contributed by atoms with Crippen molar-refractivity contribution in [2.45, 2.75) is 63.7 Å².